The SMILES string of the molecule is OCC1(CNCc2cc(F)cc(Cl)c2)CCCC1. The molecule has 0 aliphatic heterocycles. The number of rotatable bonds is 5. The molecule has 0 bridgehead atoms. The van der Waals surface area contributed by atoms with Crippen LogP contribution >= 0.6 is 11.6 Å². The van der Waals surface area contributed by atoms with E-state index in [1.807, 2.05) is 0 Å². The first-order chi connectivity index (χ1) is 8.63. The second-order valence-electron chi connectivity index (χ2n) is 5.25. The summed E-state index contributed by atoms with van der Waals surface area (Å²) < 4.78 is 13.1. The second-order valence-corrected chi connectivity index (χ2v) is 5.68. The van der Waals surface area contributed by atoms with Crippen molar-refractivity contribution in [2.24, 2.45) is 5.41 Å². The Hall–Kier alpha value is -0.640. The van der Waals surface area contributed by atoms with E-state index in [2.05, 4.69) is 5.32 Å². The van der Waals surface area contributed by atoms with Crippen molar-refractivity contribution >= 4 is 11.6 Å². The summed E-state index contributed by atoms with van der Waals surface area (Å²) in [6.07, 6.45) is 4.52. The Morgan fingerprint density at radius 3 is 2.61 bits per heavy atom. The first-order valence-electron chi connectivity index (χ1n) is 6.40. The first kappa shape index (κ1) is 13.8. The minimum atomic E-state index is -0.308. The van der Waals surface area contributed by atoms with Crippen molar-refractivity contribution in [1.82, 2.24) is 5.32 Å². The molecular weight excluding hydrogens is 253 g/mol. The monoisotopic (exact) mass is 271 g/mol. The number of benzene rings is 1. The predicted octanol–water partition coefficient (Wildman–Crippen LogP) is 3.12. The van der Waals surface area contributed by atoms with Crippen molar-refractivity contribution in [1.29, 1.82) is 0 Å². The van der Waals surface area contributed by atoms with Gasteiger partial charge in [-0.2, -0.15) is 0 Å². The minimum Gasteiger partial charge on any atom is -0.396 e. The van der Waals surface area contributed by atoms with Gasteiger partial charge >= 0.3 is 0 Å². The Kier molecular flexibility index (Phi) is 4.60. The van der Waals surface area contributed by atoms with E-state index in [4.69, 9.17) is 11.6 Å². The van der Waals surface area contributed by atoms with Gasteiger partial charge < -0.3 is 10.4 Å². The maximum absolute atomic E-state index is 13.1. The van der Waals surface area contributed by atoms with E-state index in [1.54, 1.807) is 6.07 Å². The van der Waals surface area contributed by atoms with Crippen LogP contribution in [0, 0.1) is 11.2 Å². The molecule has 2 N–H and O–H groups in total. The molecule has 0 spiro atoms. The molecule has 4 heteroatoms. The van der Waals surface area contributed by atoms with Crippen LogP contribution in [0.3, 0.4) is 0 Å². The van der Waals surface area contributed by atoms with Crippen molar-refractivity contribution in [3.63, 3.8) is 0 Å². The molecule has 1 fully saturated rings. The Morgan fingerprint density at radius 1 is 1.28 bits per heavy atom. The second kappa shape index (κ2) is 6.00. The van der Waals surface area contributed by atoms with E-state index in [0.29, 0.717) is 11.6 Å². The van der Waals surface area contributed by atoms with Crippen LogP contribution < -0.4 is 5.32 Å². The molecule has 0 radical (unpaired) electrons. The van der Waals surface area contributed by atoms with Crippen LogP contribution in [0.15, 0.2) is 18.2 Å². The molecule has 0 saturated heterocycles. The van der Waals surface area contributed by atoms with Crippen molar-refractivity contribution in [3.8, 4) is 0 Å². The third-order valence-electron chi connectivity index (χ3n) is 3.75. The number of aliphatic hydroxyl groups is 1. The number of hydrogen-bond donors (Lipinski definition) is 2. The zero-order chi connectivity index (χ0) is 13.0. The van der Waals surface area contributed by atoms with E-state index in [0.717, 1.165) is 24.9 Å². The number of halogens is 2. The van der Waals surface area contributed by atoms with Crippen LogP contribution in [0.25, 0.3) is 0 Å². The lowest BCUT2D eigenvalue weighted by molar-refractivity contribution is 0.128. The van der Waals surface area contributed by atoms with E-state index in [-0.39, 0.29) is 17.8 Å². The van der Waals surface area contributed by atoms with Crippen LogP contribution in [-0.2, 0) is 6.54 Å². The molecule has 2 rings (SSSR count). The lowest BCUT2D eigenvalue weighted by Crippen LogP contribution is -2.34. The third-order valence-corrected chi connectivity index (χ3v) is 3.97. The average molecular weight is 272 g/mol. The van der Waals surface area contributed by atoms with Gasteiger partial charge in [-0.25, -0.2) is 4.39 Å². The molecule has 0 atom stereocenters. The quantitative estimate of drug-likeness (QED) is 0.862. The average Bonchev–Trinajstić information content (AvgIpc) is 2.77. The molecular formula is C14H19ClFNO. The summed E-state index contributed by atoms with van der Waals surface area (Å²) in [5.74, 6) is -0.308. The fourth-order valence-corrected chi connectivity index (χ4v) is 2.95. The zero-order valence-electron chi connectivity index (χ0n) is 10.4. The summed E-state index contributed by atoms with van der Waals surface area (Å²) in [4.78, 5) is 0. The molecule has 1 aliphatic carbocycles. The van der Waals surface area contributed by atoms with Gasteiger partial charge in [0.05, 0.1) is 0 Å². The Balaban J connectivity index is 1.87. The van der Waals surface area contributed by atoms with Gasteiger partial charge in [-0.05, 0) is 36.6 Å². The summed E-state index contributed by atoms with van der Waals surface area (Å²) in [5, 5.41) is 13.2. The lowest BCUT2D eigenvalue weighted by atomic mass is 9.87. The molecule has 1 aromatic carbocycles. The third kappa shape index (κ3) is 3.44. The predicted molar refractivity (Wildman–Crippen MR) is 71.1 cm³/mol. The van der Waals surface area contributed by atoms with E-state index in [9.17, 15) is 9.50 Å². The molecule has 0 unspecified atom stereocenters. The van der Waals surface area contributed by atoms with E-state index >= 15 is 0 Å². The number of nitrogens with one attached hydrogen (secondary N) is 1. The maximum atomic E-state index is 13.1. The maximum Gasteiger partial charge on any atom is 0.125 e. The molecule has 1 aliphatic rings. The summed E-state index contributed by atoms with van der Waals surface area (Å²) >= 11 is 5.80. The van der Waals surface area contributed by atoms with Crippen molar-refractivity contribution in [3.05, 3.63) is 34.6 Å². The molecule has 18 heavy (non-hydrogen) atoms. The van der Waals surface area contributed by atoms with Crippen LogP contribution in [0.1, 0.15) is 31.2 Å². The highest BCUT2D eigenvalue weighted by molar-refractivity contribution is 6.30. The highest BCUT2D eigenvalue weighted by atomic mass is 35.5. The minimum absolute atomic E-state index is 0.0249. The fraction of sp³-hybridized carbons (Fsp3) is 0.571. The Morgan fingerprint density at radius 2 is 2.00 bits per heavy atom. The molecule has 100 valence electrons. The van der Waals surface area contributed by atoms with Gasteiger partial charge in [-0.1, -0.05) is 24.4 Å². The molecule has 1 saturated carbocycles. The van der Waals surface area contributed by atoms with Gasteiger partial charge in [0.2, 0.25) is 0 Å². The van der Waals surface area contributed by atoms with Crippen LogP contribution in [0.4, 0.5) is 4.39 Å². The molecule has 1 aromatic rings. The summed E-state index contributed by atoms with van der Waals surface area (Å²) in [6, 6.07) is 4.55. The molecule has 0 heterocycles. The topological polar surface area (TPSA) is 32.3 Å². The van der Waals surface area contributed by atoms with E-state index < -0.39 is 0 Å². The van der Waals surface area contributed by atoms with Gasteiger partial charge in [0.25, 0.3) is 0 Å². The highest BCUT2D eigenvalue weighted by Gasteiger charge is 2.32. The normalized spacial score (nSPS) is 18.2. The summed E-state index contributed by atoms with van der Waals surface area (Å²) in [5.41, 5.74) is 0.864. The van der Waals surface area contributed by atoms with Gasteiger partial charge in [0.15, 0.2) is 0 Å². The Labute approximate surface area is 112 Å². The standard InChI is InChI=1S/C14H19ClFNO/c15-12-5-11(6-13(16)7-12)8-17-9-14(10-18)3-1-2-4-14/h5-7,17-18H,1-4,8-10H2. The summed E-state index contributed by atoms with van der Waals surface area (Å²) in [6.45, 7) is 1.58. The van der Waals surface area contributed by atoms with Crippen molar-refractivity contribution < 1.29 is 9.50 Å². The smallest absolute Gasteiger partial charge is 0.125 e. The van der Waals surface area contributed by atoms with Crippen LogP contribution in [0.5, 0.6) is 0 Å². The van der Waals surface area contributed by atoms with E-state index in [1.165, 1.54) is 25.0 Å². The van der Waals surface area contributed by atoms with Gasteiger partial charge in [-0.15, -0.1) is 0 Å². The van der Waals surface area contributed by atoms with Crippen molar-refractivity contribution in [2.75, 3.05) is 13.2 Å². The number of aliphatic hydroxyl groups excluding tert-OH is 1. The van der Waals surface area contributed by atoms with Crippen LogP contribution in [-0.4, -0.2) is 18.3 Å². The van der Waals surface area contributed by atoms with Gasteiger partial charge in [-0.3, -0.25) is 0 Å². The van der Waals surface area contributed by atoms with Gasteiger partial charge in [0.1, 0.15) is 5.82 Å². The zero-order valence-corrected chi connectivity index (χ0v) is 11.1. The fourth-order valence-electron chi connectivity index (χ4n) is 2.70. The van der Waals surface area contributed by atoms with Gasteiger partial charge in [0, 0.05) is 30.1 Å². The number of hydrogen-bond acceptors (Lipinski definition) is 2. The molecule has 2 nitrogen and oxygen atoms in total. The molecule has 0 amide bonds. The van der Waals surface area contributed by atoms with Crippen molar-refractivity contribution in [2.45, 2.75) is 32.2 Å². The first-order valence-corrected chi connectivity index (χ1v) is 6.78. The molecule has 0 aromatic heterocycles. The van der Waals surface area contributed by atoms with Crippen LogP contribution in [0.2, 0.25) is 5.02 Å². The summed E-state index contributed by atoms with van der Waals surface area (Å²) in [7, 11) is 0. The Bertz CT molecular complexity index is 385. The lowest BCUT2D eigenvalue weighted by Gasteiger charge is -2.26. The highest BCUT2D eigenvalue weighted by Crippen LogP contribution is 2.36. The largest absolute Gasteiger partial charge is 0.396 e.